The van der Waals surface area contributed by atoms with Crippen LogP contribution in [0.4, 0.5) is 0 Å². The molecule has 0 saturated heterocycles. The molecule has 0 aliphatic heterocycles. The van der Waals surface area contributed by atoms with Crippen LogP contribution in [0.2, 0.25) is 0 Å². The van der Waals surface area contributed by atoms with Gasteiger partial charge in [0.25, 0.3) is 0 Å². The van der Waals surface area contributed by atoms with Crippen molar-refractivity contribution in [3.63, 3.8) is 0 Å². The fourth-order valence-corrected chi connectivity index (χ4v) is 1.76. The predicted molar refractivity (Wildman–Crippen MR) is 64.7 cm³/mol. The summed E-state index contributed by atoms with van der Waals surface area (Å²) in [6.45, 7) is 2.02. The van der Waals surface area contributed by atoms with Crippen LogP contribution in [0, 0.1) is 0 Å². The number of hydrogen-bond acceptors (Lipinski definition) is 1. The van der Waals surface area contributed by atoms with Gasteiger partial charge in [0.2, 0.25) is 0 Å². The lowest BCUT2D eigenvalue weighted by atomic mass is 10.0. The second-order valence-electron chi connectivity index (χ2n) is 3.19. The summed E-state index contributed by atoms with van der Waals surface area (Å²) in [5.41, 5.74) is 2.15. The Morgan fingerprint density at radius 2 is 2.27 bits per heavy atom. The van der Waals surface area contributed by atoms with E-state index in [0.29, 0.717) is 0 Å². The second kappa shape index (κ2) is 5.71. The zero-order valence-electron chi connectivity index (χ0n) is 8.53. The summed E-state index contributed by atoms with van der Waals surface area (Å²) in [5.74, 6) is -0.795. The van der Waals surface area contributed by atoms with Crippen LogP contribution in [0.25, 0.3) is 5.57 Å². The van der Waals surface area contributed by atoms with Gasteiger partial charge in [0, 0.05) is 4.47 Å². The monoisotopic (exact) mass is 268 g/mol. The van der Waals surface area contributed by atoms with E-state index in [2.05, 4.69) is 15.9 Å². The third-order valence-electron chi connectivity index (χ3n) is 2.10. The Kier molecular flexibility index (Phi) is 4.56. The minimum absolute atomic E-state index is 0.0791. The van der Waals surface area contributed by atoms with Crippen molar-refractivity contribution in [2.75, 3.05) is 0 Å². The molecular formula is C12H13BrO2. The fourth-order valence-electron chi connectivity index (χ4n) is 1.37. The van der Waals surface area contributed by atoms with Crippen LogP contribution >= 0.6 is 15.9 Å². The van der Waals surface area contributed by atoms with E-state index in [1.807, 2.05) is 31.2 Å². The molecule has 0 atom stereocenters. The molecule has 0 saturated carbocycles. The molecule has 15 heavy (non-hydrogen) atoms. The van der Waals surface area contributed by atoms with E-state index in [4.69, 9.17) is 5.11 Å². The highest BCUT2D eigenvalue weighted by molar-refractivity contribution is 9.10. The molecule has 1 aromatic carbocycles. The zero-order chi connectivity index (χ0) is 11.3. The van der Waals surface area contributed by atoms with Crippen molar-refractivity contribution in [1.29, 1.82) is 0 Å². The highest BCUT2D eigenvalue weighted by Crippen LogP contribution is 2.22. The van der Waals surface area contributed by atoms with E-state index in [1.165, 1.54) is 0 Å². The summed E-state index contributed by atoms with van der Waals surface area (Å²) < 4.78 is 1.01. The van der Waals surface area contributed by atoms with E-state index >= 15 is 0 Å². The Balaban J connectivity index is 2.92. The molecule has 0 radical (unpaired) electrons. The highest BCUT2D eigenvalue weighted by atomic mass is 79.9. The van der Waals surface area contributed by atoms with Crippen LogP contribution in [-0.2, 0) is 4.79 Å². The summed E-state index contributed by atoms with van der Waals surface area (Å²) in [6, 6.07) is 7.89. The molecule has 1 rings (SSSR count). The van der Waals surface area contributed by atoms with Crippen molar-refractivity contribution >= 4 is 27.5 Å². The average Bonchev–Trinajstić information content (AvgIpc) is 2.18. The highest BCUT2D eigenvalue weighted by Gasteiger charge is 2.01. The first-order valence-electron chi connectivity index (χ1n) is 4.80. The number of rotatable bonds is 4. The van der Waals surface area contributed by atoms with E-state index < -0.39 is 5.97 Å². The molecular weight excluding hydrogens is 256 g/mol. The van der Waals surface area contributed by atoms with E-state index in [-0.39, 0.29) is 6.42 Å². The number of allylic oxidation sites excluding steroid dienone is 1. The number of carboxylic acid groups (broad SMARTS) is 1. The van der Waals surface area contributed by atoms with Crippen LogP contribution in [0.5, 0.6) is 0 Å². The SMILES string of the molecule is CC/C(=C\CC(=O)O)c1cccc(Br)c1. The maximum Gasteiger partial charge on any atom is 0.307 e. The first-order chi connectivity index (χ1) is 7.13. The van der Waals surface area contributed by atoms with E-state index in [1.54, 1.807) is 6.08 Å². The molecule has 0 aromatic heterocycles. The average molecular weight is 269 g/mol. The number of halogens is 1. The molecule has 0 bridgehead atoms. The number of carboxylic acids is 1. The van der Waals surface area contributed by atoms with Crippen molar-refractivity contribution in [2.24, 2.45) is 0 Å². The Hall–Kier alpha value is -1.09. The smallest absolute Gasteiger partial charge is 0.307 e. The summed E-state index contributed by atoms with van der Waals surface area (Å²) in [7, 11) is 0. The summed E-state index contributed by atoms with van der Waals surface area (Å²) in [4.78, 5) is 10.5. The van der Waals surface area contributed by atoms with Crippen LogP contribution in [0.15, 0.2) is 34.8 Å². The fraction of sp³-hybridized carbons (Fsp3) is 0.250. The summed E-state index contributed by atoms with van der Waals surface area (Å²) >= 11 is 3.40. The van der Waals surface area contributed by atoms with Crippen LogP contribution in [0.1, 0.15) is 25.3 Å². The third kappa shape index (κ3) is 3.88. The molecule has 3 heteroatoms. The largest absolute Gasteiger partial charge is 0.481 e. The normalized spacial score (nSPS) is 11.5. The minimum Gasteiger partial charge on any atom is -0.481 e. The Bertz CT molecular complexity index is 383. The van der Waals surface area contributed by atoms with Crippen LogP contribution < -0.4 is 0 Å². The number of aliphatic carboxylic acids is 1. The van der Waals surface area contributed by atoms with Gasteiger partial charge in [-0.25, -0.2) is 0 Å². The molecule has 0 aliphatic rings. The zero-order valence-corrected chi connectivity index (χ0v) is 10.1. The van der Waals surface area contributed by atoms with Gasteiger partial charge in [0.15, 0.2) is 0 Å². The maximum atomic E-state index is 10.5. The van der Waals surface area contributed by atoms with Gasteiger partial charge in [0.05, 0.1) is 6.42 Å². The lowest BCUT2D eigenvalue weighted by molar-refractivity contribution is -0.135. The predicted octanol–water partition coefficient (Wildman–Crippen LogP) is 3.72. The van der Waals surface area contributed by atoms with Crippen molar-refractivity contribution in [2.45, 2.75) is 19.8 Å². The van der Waals surface area contributed by atoms with Gasteiger partial charge >= 0.3 is 5.97 Å². The van der Waals surface area contributed by atoms with E-state index in [9.17, 15) is 4.79 Å². The van der Waals surface area contributed by atoms with Gasteiger partial charge in [-0.15, -0.1) is 0 Å². The molecule has 0 amide bonds. The number of carbonyl (C=O) groups is 1. The Morgan fingerprint density at radius 3 is 2.80 bits per heavy atom. The molecule has 0 fully saturated rings. The quantitative estimate of drug-likeness (QED) is 0.904. The number of hydrogen-bond donors (Lipinski definition) is 1. The van der Waals surface area contributed by atoms with Crippen molar-refractivity contribution in [3.8, 4) is 0 Å². The Labute approximate surface area is 97.8 Å². The summed E-state index contributed by atoms with van der Waals surface area (Å²) in [6.07, 6.45) is 2.68. The molecule has 0 aliphatic carbocycles. The first kappa shape index (κ1) is 12.0. The Morgan fingerprint density at radius 1 is 1.53 bits per heavy atom. The number of benzene rings is 1. The first-order valence-corrected chi connectivity index (χ1v) is 5.59. The lowest BCUT2D eigenvalue weighted by Crippen LogP contribution is -1.92. The van der Waals surface area contributed by atoms with Gasteiger partial charge in [0.1, 0.15) is 0 Å². The second-order valence-corrected chi connectivity index (χ2v) is 4.11. The van der Waals surface area contributed by atoms with Gasteiger partial charge in [-0.1, -0.05) is 41.1 Å². The molecule has 0 unspecified atom stereocenters. The molecule has 80 valence electrons. The van der Waals surface area contributed by atoms with Gasteiger partial charge < -0.3 is 5.11 Å². The standard InChI is InChI=1S/C12H13BrO2/c1-2-9(6-7-12(14)15)10-4-3-5-11(13)8-10/h3-6,8H,2,7H2,1H3,(H,14,15)/b9-6+. The molecule has 0 spiro atoms. The molecule has 2 nitrogen and oxygen atoms in total. The molecule has 0 heterocycles. The van der Waals surface area contributed by atoms with Gasteiger partial charge in [-0.2, -0.15) is 0 Å². The van der Waals surface area contributed by atoms with Crippen molar-refractivity contribution < 1.29 is 9.90 Å². The third-order valence-corrected chi connectivity index (χ3v) is 2.59. The molecule has 1 N–H and O–H groups in total. The van der Waals surface area contributed by atoms with Gasteiger partial charge in [-0.3, -0.25) is 4.79 Å². The minimum atomic E-state index is -0.795. The lowest BCUT2D eigenvalue weighted by Gasteiger charge is -2.04. The van der Waals surface area contributed by atoms with Crippen LogP contribution in [0.3, 0.4) is 0 Å². The van der Waals surface area contributed by atoms with Gasteiger partial charge in [-0.05, 0) is 29.7 Å². The van der Waals surface area contributed by atoms with E-state index in [0.717, 1.165) is 22.0 Å². The maximum absolute atomic E-state index is 10.5. The van der Waals surface area contributed by atoms with Crippen LogP contribution in [-0.4, -0.2) is 11.1 Å². The summed E-state index contributed by atoms with van der Waals surface area (Å²) in [5, 5.41) is 8.61. The molecule has 1 aromatic rings. The van der Waals surface area contributed by atoms with Crippen molar-refractivity contribution in [1.82, 2.24) is 0 Å². The van der Waals surface area contributed by atoms with Crippen molar-refractivity contribution in [3.05, 3.63) is 40.4 Å². The topological polar surface area (TPSA) is 37.3 Å².